The highest BCUT2D eigenvalue weighted by Gasteiger charge is 2.16. The Labute approximate surface area is 168 Å². The molecule has 0 aliphatic carbocycles. The van der Waals surface area contributed by atoms with Crippen molar-refractivity contribution in [2.45, 2.75) is 19.4 Å². The number of halogens is 1. The van der Waals surface area contributed by atoms with Crippen LogP contribution in [-0.2, 0) is 13.0 Å². The van der Waals surface area contributed by atoms with E-state index in [2.05, 4.69) is 50.4 Å². The topological polar surface area (TPSA) is 32.3 Å². The monoisotopic (exact) mass is 420 g/mol. The molecule has 0 bridgehead atoms. The largest absolute Gasteiger partial charge is 0.367 e. The Kier molecular flexibility index (Phi) is 5.26. The van der Waals surface area contributed by atoms with Crippen molar-refractivity contribution in [3.05, 3.63) is 94.0 Å². The highest BCUT2D eigenvalue weighted by molar-refractivity contribution is 9.10. The number of para-hydroxylation sites is 1. The van der Waals surface area contributed by atoms with E-state index in [1.807, 2.05) is 48.5 Å². The SMILES string of the molecule is O=C(Nc1ccc(Br)cc1)c1ccc(CN2CCCc3ccccc32)cc1. The lowest BCUT2D eigenvalue weighted by Gasteiger charge is -2.31. The second-order valence-electron chi connectivity index (χ2n) is 6.81. The number of benzene rings is 3. The summed E-state index contributed by atoms with van der Waals surface area (Å²) < 4.78 is 0.990. The van der Waals surface area contributed by atoms with E-state index >= 15 is 0 Å². The summed E-state index contributed by atoms with van der Waals surface area (Å²) in [6.07, 6.45) is 2.34. The summed E-state index contributed by atoms with van der Waals surface area (Å²) in [7, 11) is 0. The lowest BCUT2D eigenvalue weighted by Crippen LogP contribution is -2.28. The molecule has 1 aliphatic rings. The van der Waals surface area contributed by atoms with E-state index < -0.39 is 0 Å². The number of carbonyl (C=O) groups is 1. The normalized spacial score (nSPS) is 13.1. The Hall–Kier alpha value is -2.59. The fourth-order valence-electron chi connectivity index (χ4n) is 3.49. The van der Waals surface area contributed by atoms with E-state index in [0.717, 1.165) is 29.7 Å². The maximum absolute atomic E-state index is 12.4. The second-order valence-corrected chi connectivity index (χ2v) is 7.73. The van der Waals surface area contributed by atoms with Crippen molar-refractivity contribution in [3.8, 4) is 0 Å². The smallest absolute Gasteiger partial charge is 0.255 e. The van der Waals surface area contributed by atoms with Crippen LogP contribution >= 0.6 is 15.9 Å². The molecule has 3 nitrogen and oxygen atoms in total. The number of rotatable bonds is 4. The average Bonchev–Trinajstić information content (AvgIpc) is 2.70. The van der Waals surface area contributed by atoms with Crippen LogP contribution in [0.15, 0.2) is 77.3 Å². The van der Waals surface area contributed by atoms with Crippen molar-refractivity contribution in [2.75, 3.05) is 16.8 Å². The van der Waals surface area contributed by atoms with Crippen LogP contribution in [0.2, 0.25) is 0 Å². The van der Waals surface area contributed by atoms with Crippen molar-refractivity contribution < 1.29 is 4.79 Å². The van der Waals surface area contributed by atoms with Crippen LogP contribution in [0.5, 0.6) is 0 Å². The number of nitrogens with one attached hydrogen (secondary N) is 1. The molecule has 0 radical (unpaired) electrons. The van der Waals surface area contributed by atoms with Crippen LogP contribution in [0.1, 0.15) is 27.9 Å². The van der Waals surface area contributed by atoms with Gasteiger partial charge in [0.05, 0.1) is 0 Å². The molecule has 0 spiro atoms. The fourth-order valence-corrected chi connectivity index (χ4v) is 3.76. The maximum Gasteiger partial charge on any atom is 0.255 e. The standard InChI is InChI=1S/C23H21BrN2O/c24-20-11-13-21(14-12-20)25-23(27)19-9-7-17(8-10-19)16-26-15-3-5-18-4-1-2-6-22(18)26/h1-2,4,6-14H,3,5,15-16H2,(H,25,27). The summed E-state index contributed by atoms with van der Waals surface area (Å²) in [6.45, 7) is 1.94. The fraction of sp³-hybridized carbons (Fsp3) is 0.174. The highest BCUT2D eigenvalue weighted by Crippen LogP contribution is 2.28. The van der Waals surface area contributed by atoms with Gasteiger partial charge in [-0.1, -0.05) is 46.3 Å². The van der Waals surface area contributed by atoms with Crippen LogP contribution in [0.25, 0.3) is 0 Å². The second kappa shape index (κ2) is 7.97. The Bertz CT molecular complexity index is 935. The van der Waals surface area contributed by atoms with Crippen LogP contribution in [0.3, 0.4) is 0 Å². The molecule has 3 aromatic rings. The summed E-state index contributed by atoms with van der Waals surface area (Å²) in [5.41, 5.74) is 5.43. The molecule has 0 unspecified atom stereocenters. The van der Waals surface area contributed by atoms with E-state index in [9.17, 15) is 4.79 Å². The molecule has 0 saturated heterocycles. The number of amides is 1. The van der Waals surface area contributed by atoms with Gasteiger partial charge in [-0.2, -0.15) is 0 Å². The van der Waals surface area contributed by atoms with Crippen molar-refractivity contribution in [1.82, 2.24) is 0 Å². The lowest BCUT2D eigenvalue weighted by atomic mass is 10.0. The van der Waals surface area contributed by atoms with E-state index in [4.69, 9.17) is 0 Å². The van der Waals surface area contributed by atoms with Gasteiger partial charge in [0.15, 0.2) is 0 Å². The number of hydrogen-bond acceptors (Lipinski definition) is 2. The summed E-state index contributed by atoms with van der Waals surface area (Å²) >= 11 is 3.40. The zero-order valence-electron chi connectivity index (χ0n) is 15.0. The van der Waals surface area contributed by atoms with Gasteiger partial charge in [-0.15, -0.1) is 0 Å². The highest BCUT2D eigenvalue weighted by atomic mass is 79.9. The Morgan fingerprint density at radius 2 is 1.70 bits per heavy atom. The van der Waals surface area contributed by atoms with Crippen LogP contribution in [-0.4, -0.2) is 12.5 Å². The molecule has 0 saturated carbocycles. The van der Waals surface area contributed by atoms with Gasteiger partial charge < -0.3 is 10.2 Å². The molecule has 1 aliphatic heterocycles. The van der Waals surface area contributed by atoms with E-state index in [0.29, 0.717) is 5.56 Å². The van der Waals surface area contributed by atoms with Gasteiger partial charge in [0, 0.05) is 34.5 Å². The lowest BCUT2D eigenvalue weighted by molar-refractivity contribution is 0.102. The third-order valence-electron chi connectivity index (χ3n) is 4.90. The number of hydrogen-bond donors (Lipinski definition) is 1. The Morgan fingerprint density at radius 1 is 0.963 bits per heavy atom. The van der Waals surface area contributed by atoms with Crippen molar-refractivity contribution >= 4 is 33.2 Å². The number of fused-ring (bicyclic) bond motifs is 1. The van der Waals surface area contributed by atoms with E-state index in [1.165, 1.54) is 23.2 Å². The van der Waals surface area contributed by atoms with Crippen molar-refractivity contribution in [1.29, 1.82) is 0 Å². The molecule has 1 amide bonds. The number of nitrogens with zero attached hydrogens (tertiary/aromatic N) is 1. The number of anilines is 2. The van der Waals surface area contributed by atoms with Gasteiger partial charge in [-0.05, 0) is 66.4 Å². The van der Waals surface area contributed by atoms with Gasteiger partial charge >= 0.3 is 0 Å². The third-order valence-corrected chi connectivity index (χ3v) is 5.43. The van der Waals surface area contributed by atoms with Gasteiger partial charge in [0.1, 0.15) is 0 Å². The Morgan fingerprint density at radius 3 is 2.48 bits per heavy atom. The van der Waals surface area contributed by atoms with Crippen molar-refractivity contribution in [3.63, 3.8) is 0 Å². The molecule has 3 aromatic carbocycles. The quantitative estimate of drug-likeness (QED) is 0.590. The first kappa shape index (κ1) is 17.8. The number of carbonyl (C=O) groups excluding carboxylic acids is 1. The first-order chi connectivity index (χ1) is 13.2. The zero-order chi connectivity index (χ0) is 18.6. The van der Waals surface area contributed by atoms with E-state index in [1.54, 1.807) is 0 Å². The van der Waals surface area contributed by atoms with Gasteiger partial charge in [0.2, 0.25) is 0 Å². The maximum atomic E-state index is 12.4. The molecule has 0 aromatic heterocycles. The molecule has 136 valence electrons. The minimum Gasteiger partial charge on any atom is -0.367 e. The molecule has 4 heteroatoms. The zero-order valence-corrected chi connectivity index (χ0v) is 16.6. The first-order valence-corrected chi connectivity index (χ1v) is 9.97. The summed E-state index contributed by atoms with van der Waals surface area (Å²) in [5.74, 6) is -0.0906. The molecule has 27 heavy (non-hydrogen) atoms. The summed E-state index contributed by atoms with van der Waals surface area (Å²) in [6, 6.07) is 24.1. The minimum atomic E-state index is -0.0906. The van der Waals surface area contributed by atoms with Crippen LogP contribution < -0.4 is 10.2 Å². The summed E-state index contributed by atoms with van der Waals surface area (Å²) in [5, 5.41) is 2.93. The molecule has 0 atom stereocenters. The first-order valence-electron chi connectivity index (χ1n) is 9.18. The molecular weight excluding hydrogens is 400 g/mol. The van der Waals surface area contributed by atoms with Gasteiger partial charge in [-0.3, -0.25) is 4.79 Å². The van der Waals surface area contributed by atoms with E-state index in [-0.39, 0.29) is 5.91 Å². The number of aryl methyl sites for hydroxylation is 1. The summed E-state index contributed by atoms with van der Waals surface area (Å²) in [4.78, 5) is 14.9. The van der Waals surface area contributed by atoms with Gasteiger partial charge in [0.25, 0.3) is 5.91 Å². The van der Waals surface area contributed by atoms with Crippen LogP contribution in [0, 0.1) is 0 Å². The molecule has 4 rings (SSSR count). The predicted octanol–water partition coefficient (Wildman–Crippen LogP) is 5.65. The minimum absolute atomic E-state index is 0.0906. The molecular formula is C23H21BrN2O. The predicted molar refractivity (Wildman–Crippen MR) is 114 cm³/mol. The molecule has 1 heterocycles. The average molecular weight is 421 g/mol. The Balaban J connectivity index is 1.43. The molecule has 1 N–H and O–H groups in total. The third kappa shape index (κ3) is 4.22. The van der Waals surface area contributed by atoms with Crippen molar-refractivity contribution in [2.24, 2.45) is 0 Å². The van der Waals surface area contributed by atoms with Crippen LogP contribution in [0.4, 0.5) is 11.4 Å². The molecule has 0 fully saturated rings. The van der Waals surface area contributed by atoms with Gasteiger partial charge in [-0.25, -0.2) is 0 Å².